The number of benzene rings is 2. The monoisotopic (exact) mass is 279 g/mol. The molecule has 0 saturated heterocycles. The van der Waals surface area contributed by atoms with E-state index < -0.39 is 0 Å². The van der Waals surface area contributed by atoms with Crippen molar-refractivity contribution in [3.8, 4) is 11.4 Å². The molecule has 1 unspecified atom stereocenters. The molecule has 5 nitrogen and oxygen atoms in total. The normalized spacial score (nSPS) is 12.3. The standard InChI is InChI=1S/C16H17N5/c1-11-8-9-14(10-15(11)17)16-18-19-20-21(16)12(2)13-6-4-3-5-7-13/h3-10,12H,17H2,1-2H3. The lowest BCUT2D eigenvalue weighted by atomic mass is 10.1. The van der Waals surface area contributed by atoms with Crippen LogP contribution in [0.25, 0.3) is 11.4 Å². The van der Waals surface area contributed by atoms with Crippen LogP contribution < -0.4 is 5.73 Å². The molecule has 1 aromatic heterocycles. The van der Waals surface area contributed by atoms with E-state index >= 15 is 0 Å². The van der Waals surface area contributed by atoms with Gasteiger partial charge in [0, 0.05) is 11.3 Å². The first kappa shape index (κ1) is 13.3. The van der Waals surface area contributed by atoms with E-state index in [0.717, 1.165) is 28.2 Å². The molecule has 0 amide bonds. The molecule has 0 spiro atoms. The van der Waals surface area contributed by atoms with E-state index in [-0.39, 0.29) is 6.04 Å². The van der Waals surface area contributed by atoms with Crippen molar-refractivity contribution in [1.82, 2.24) is 20.2 Å². The van der Waals surface area contributed by atoms with E-state index in [1.54, 1.807) is 0 Å². The van der Waals surface area contributed by atoms with Gasteiger partial charge in [-0.3, -0.25) is 0 Å². The summed E-state index contributed by atoms with van der Waals surface area (Å²) in [5.41, 5.74) is 9.86. The van der Waals surface area contributed by atoms with Gasteiger partial charge in [-0.1, -0.05) is 42.5 Å². The molecule has 0 fully saturated rings. The van der Waals surface area contributed by atoms with E-state index in [0.29, 0.717) is 0 Å². The highest BCUT2D eigenvalue weighted by molar-refractivity contribution is 5.63. The topological polar surface area (TPSA) is 69.6 Å². The van der Waals surface area contributed by atoms with Gasteiger partial charge in [0.25, 0.3) is 0 Å². The van der Waals surface area contributed by atoms with Gasteiger partial charge < -0.3 is 5.73 Å². The maximum Gasteiger partial charge on any atom is 0.182 e. The van der Waals surface area contributed by atoms with Crippen molar-refractivity contribution in [2.45, 2.75) is 19.9 Å². The molecule has 0 saturated carbocycles. The Morgan fingerprint density at radius 2 is 1.86 bits per heavy atom. The summed E-state index contributed by atoms with van der Waals surface area (Å²) < 4.78 is 1.82. The average Bonchev–Trinajstić information content (AvgIpc) is 2.99. The van der Waals surface area contributed by atoms with Crippen LogP contribution in [0.5, 0.6) is 0 Å². The number of rotatable bonds is 3. The van der Waals surface area contributed by atoms with Gasteiger partial charge in [0.2, 0.25) is 0 Å². The lowest BCUT2D eigenvalue weighted by Gasteiger charge is -2.14. The fourth-order valence-electron chi connectivity index (χ4n) is 2.30. The third-order valence-corrected chi connectivity index (χ3v) is 3.68. The Morgan fingerprint density at radius 3 is 2.57 bits per heavy atom. The predicted octanol–water partition coefficient (Wildman–Crippen LogP) is 2.84. The first-order valence-electron chi connectivity index (χ1n) is 6.86. The van der Waals surface area contributed by atoms with Gasteiger partial charge in [-0.2, -0.15) is 0 Å². The van der Waals surface area contributed by atoms with E-state index in [4.69, 9.17) is 5.73 Å². The molecule has 2 N–H and O–H groups in total. The van der Waals surface area contributed by atoms with Gasteiger partial charge in [-0.15, -0.1) is 5.10 Å². The van der Waals surface area contributed by atoms with Gasteiger partial charge >= 0.3 is 0 Å². The molecule has 0 aliphatic rings. The van der Waals surface area contributed by atoms with Crippen LogP contribution in [0.4, 0.5) is 5.69 Å². The van der Waals surface area contributed by atoms with E-state index in [1.165, 1.54) is 0 Å². The van der Waals surface area contributed by atoms with Gasteiger partial charge in [0.1, 0.15) is 0 Å². The molecule has 106 valence electrons. The minimum Gasteiger partial charge on any atom is -0.398 e. The summed E-state index contributed by atoms with van der Waals surface area (Å²) in [6, 6.07) is 16.1. The Labute approximate surface area is 123 Å². The summed E-state index contributed by atoms with van der Waals surface area (Å²) in [7, 11) is 0. The molecule has 0 bridgehead atoms. The zero-order chi connectivity index (χ0) is 14.8. The Balaban J connectivity index is 2.03. The second-order valence-electron chi connectivity index (χ2n) is 5.11. The quantitative estimate of drug-likeness (QED) is 0.748. The number of nitrogens with two attached hydrogens (primary N) is 1. The number of hydrogen-bond donors (Lipinski definition) is 1. The number of tetrazole rings is 1. The molecule has 1 heterocycles. The number of aromatic nitrogens is 4. The highest BCUT2D eigenvalue weighted by atomic mass is 15.5. The summed E-state index contributed by atoms with van der Waals surface area (Å²) in [4.78, 5) is 0. The molecule has 1 atom stereocenters. The largest absolute Gasteiger partial charge is 0.398 e. The molecular formula is C16H17N5. The van der Waals surface area contributed by atoms with Crippen molar-refractivity contribution in [3.05, 3.63) is 59.7 Å². The number of nitrogens with zero attached hydrogens (tertiary/aromatic N) is 4. The van der Waals surface area contributed by atoms with Gasteiger partial charge in [-0.05, 0) is 41.5 Å². The first-order chi connectivity index (χ1) is 10.2. The van der Waals surface area contributed by atoms with Gasteiger partial charge in [0.15, 0.2) is 5.82 Å². The third kappa shape index (κ3) is 2.50. The fourth-order valence-corrected chi connectivity index (χ4v) is 2.30. The molecular weight excluding hydrogens is 262 g/mol. The van der Waals surface area contributed by atoms with Gasteiger partial charge in [0.05, 0.1) is 6.04 Å². The second-order valence-corrected chi connectivity index (χ2v) is 5.11. The van der Waals surface area contributed by atoms with E-state index in [9.17, 15) is 0 Å². The van der Waals surface area contributed by atoms with Crippen molar-refractivity contribution < 1.29 is 0 Å². The number of aryl methyl sites for hydroxylation is 1. The number of anilines is 1. The van der Waals surface area contributed by atoms with Crippen LogP contribution in [-0.2, 0) is 0 Å². The maximum absolute atomic E-state index is 5.99. The maximum atomic E-state index is 5.99. The SMILES string of the molecule is Cc1ccc(-c2nnnn2C(C)c2ccccc2)cc1N. The Bertz CT molecular complexity index is 748. The van der Waals surface area contributed by atoms with Crippen LogP contribution in [0.3, 0.4) is 0 Å². The molecule has 0 aliphatic carbocycles. The number of nitrogen functional groups attached to an aromatic ring is 1. The first-order valence-corrected chi connectivity index (χ1v) is 6.86. The molecule has 21 heavy (non-hydrogen) atoms. The summed E-state index contributed by atoms with van der Waals surface area (Å²) in [5, 5.41) is 12.1. The van der Waals surface area contributed by atoms with E-state index in [1.807, 2.05) is 48.0 Å². The van der Waals surface area contributed by atoms with Crippen molar-refractivity contribution in [3.63, 3.8) is 0 Å². The average molecular weight is 279 g/mol. The fraction of sp³-hybridized carbons (Fsp3) is 0.188. The van der Waals surface area contributed by atoms with Crippen LogP contribution >= 0.6 is 0 Å². The van der Waals surface area contributed by atoms with Crippen LogP contribution in [0.15, 0.2) is 48.5 Å². The van der Waals surface area contributed by atoms with Crippen molar-refractivity contribution >= 4 is 5.69 Å². The molecule has 3 rings (SSSR count). The lowest BCUT2D eigenvalue weighted by Crippen LogP contribution is -2.10. The summed E-state index contributed by atoms with van der Waals surface area (Å²) in [5.74, 6) is 0.720. The second kappa shape index (κ2) is 5.36. The Morgan fingerprint density at radius 1 is 1.10 bits per heavy atom. The van der Waals surface area contributed by atoms with E-state index in [2.05, 4.69) is 34.6 Å². The molecule has 5 heteroatoms. The summed E-state index contributed by atoms with van der Waals surface area (Å²) in [6.07, 6.45) is 0. The van der Waals surface area contributed by atoms with Crippen molar-refractivity contribution in [2.24, 2.45) is 0 Å². The smallest absolute Gasteiger partial charge is 0.182 e. The van der Waals surface area contributed by atoms with Crippen LogP contribution in [0, 0.1) is 6.92 Å². The summed E-state index contributed by atoms with van der Waals surface area (Å²) in [6.45, 7) is 4.06. The molecule has 3 aromatic rings. The summed E-state index contributed by atoms with van der Waals surface area (Å²) >= 11 is 0. The van der Waals surface area contributed by atoms with Gasteiger partial charge in [-0.25, -0.2) is 4.68 Å². The molecule has 0 radical (unpaired) electrons. The predicted molar refractivity (Wildman–Crippen MR) is 82.7 cm³/mol. The highest BCUT2D eigenvalue weighted by Crippen LogP contribution is 2.25. The zero-order valence-corrected chi connectivity index (χ0v) is 12.1. The number of hydrogen-bond acceptors (Lipinski definition) is 4. The molecule has 2 aromatic carbocycles. The third-order valence-electron chi connectivity index (χ3n) is 3.68. The molecule has 0 aliphatic heterocycles. The lowest BCUT2D eigenvalue weighted by molar-refractivity contribution is 0.548. The van der Waals surface area contributed by atoms with Crippen LogP contribution in [0.2, 0.25) is 0 Å². The Kier molecular flexibility index (Phi) is 3.39. The highest BCUT2D eigenvalue weighted by Gasteiger charge is 2.16. The Hall–Kier alpha value is -2.69. The minimum absolute atomic E-state index is 0.0544. The van der Waals surface area contributed by atoms with Crippen molar-refractivity contribution in [2.75, 3.05) is 5.73 Å². The van der Waals surface area contributed by atoms with Crippen molar-refractivity contribution in [1.29, 1.82) is 0 Å². The van der Waals surface area contributed by atoms with Crippen LogP contribution in [0.1, 0.15) is 24.1 Å². The minimum atomic E-state index is 0.0544. The van der Waals surface area contributed by atoms with Crippen LogP contribution in [-0.4, -0.2) is 20.2 Å². The zero-order valence-electron chi connectivity index (χ0n) is 12.1.